The van der Waals surface area contributed by atoms with Crippen molar-refractivity contribution >= 4 is 44.7 Å². The second-order valence-corrected chi connectivity index (χ2v) is 11.8. The number of nitrogens with zero attached hydrogens (tertiary/aromatic N) is 5. The van der Waals surface area contributed by atoms with Crippen LogP contribution in [0.2, 0.25) is 5.02 Å². The summed E-state index contributed by atoms with van der Waals surface area (Å²) in [6.07, 6.45) is 6.72. The zero-order valence-corrected chi connectivity index (χ0v) is 21.4. The minimum Gasteiger partial charge on any atom is -0.355 e. The Labute approximate surface area is 210 Å². The van der Waals surface area contributed by atoms with E-state index in [1.165, 1.54) is 12.1 Å². The van der Waals surface area contributed by atoms with Crippen LogP contribution < -0.4 is 9.62 Å². The van der Waals surface area contributed by atoms with Crippen molar-refractivity contribution in [1.82, 2.24) is 19.5 Å². The summed E-state index contributed by atoms with van der Waals surface area (Å²) in [5.74, 6) is 1.30. The van der Waals surface area contributed by atoms with Crippen LogP contribution in [-0.2, 0) is 10.0 Å². The van der Waals surface area contributed by atoms with Crippen LogP contribution in [0.3, 0.4) is 0 Å². The van der Waals surface area contributed by atoms with Crippen LogP contribution in [0.1, 0.15) is 54.7 Å². The molecule has 2 aromatic heterocycles. The normalized spacial score (nSPS) is 21.0. The molecule has 1 aromatic carbocycles. The fourth-order valence-corrected chi connectivity index (χ4v) is 5.73. The van der Waals surface area contributed by atoms with Crippen LogP contribution >= 0.6 is 11.6 Å². The molecule has 0 unspecified atom stereocenters. The average molecular weight is 517 g/mol. The molecule has 5 rings (SSSR count). The van der Waals surface area contributed by atoms with Crippen LogP contribution in [-0.4, -0.2) is 59.7 Å². The van der Waals surface area contributed by atoms with Gasteiger partial charge in [-0.15, -0.1) is 5.10 Å². The Morgan fingerprint density at radius 3 is 2.71 bits per heavy atom. The van der Waals surface area contributed by atoms with E-state index in [2.05, 4.69) is 16.5 Å². The molecule has 0 radical (unpaired) electrons. The smallest absolute Gasteiger partial charge is 0.256 e. The molecule has 2 atom stereocenters. The van der Waals surface area contributed by atoms with Crippen molar-refractivity contribution < 1.29 is 13.2 Å². The highest BCUT2D eigenvalue weighted by Crippen LogP contribution is 2.34. The maximum atomic E-state index is 13.7. The van der Waals surface area contributed by atoms with Gasteiger partial charge >= 0.3 is 0 Å². The third-order valence-electron chi connectivity index (χ3n) is 6.68. The predicted molar refractivity (Wildman–Crippen MR) is 137 cm³/mol. The van der Waals surface area contributed by atoms with Crippen molar-refractivity contribution in [2.45, 2.75) is 38.6 Å². The van der Waals surface area contributed by atoms with E-state index in [1.807, 2.05) is 18.3 Å². The number of sulfonamides is 1. The topological polar surface area (TPSA) is 99.9 Å². The number of carbonyl (C=O) groups is 1. The lowest BCUT2D eigenvalue weighted by Crippen LogP contribution is -2.39. The molecule has 2 aliphatic heterocycles. The molecule has 0 aliphatic carbocycles. The summed E-state index contributed by atoms with van der Waals surface area (Å²) in [6, 6.07) is 8.32. The third-order valence-corrected chi connectivity index (χ3v) is 7.51. The van der Waals surface area contributed by atoms with E-state index < -0.39 is 10.0 Å². The number of anilines is 2. The molecule has 2 saturated heterocycles. The maximum Gasteiger partial charge on any atom is 0.256 e. The Kier molecular flexibility index (Phi) is 6.35. The first kappa shape index (κ1) is 23.9. The van der Waals surface area contributed by atoms with Crippen molar-refractivity contribution in [1.29, 1.82) is 0 Å². The van der Waals surface area contributed by atoms with Crippen LogP contribution in [0, 0.1) is 5.92 Å². The molecule has 9 nitrogen and oxygen atoms in total. The summed E-state index contributed by atoms with van der Waals surface area (Å²) in [4.78, 5) is 22.5. The SMILES string of the molecule is C[C@H]1CCN(c2ccc3nc([C@@H]4CCCCN4C(=O)c4cc(Cl)ccc4NS(C)(=O)=O)cn3n2)C1. The lowest BCUT2D eigenvalue weighted by molar-refractivity contribution is 0.0607. The molecule has 1 N–H and O–H groups in total. The third kappa shape index (κ3) is 5.08. The summed E-state index contributed by atoms with van der Waals surface area (Å²) < 4.78 is 28.0. The molecule has 4 heterocycles. The van der Waals surface area contributed by atoms with Crippen molar-refractivity contribution in [2.75, 3.05) is 35.5 Å². The Morgan fingerprint density at radius 1 is 1.14 bits per heavy atom. The molecule has 3 aromatic rings. The second-order valence-electron chi connectivity index (χ2n) is 9.57. The van der Waals surface area contributed by atoms with Gasteiger partial charge in [-0.05, 0) is 61.9 Å². The predicted octanol–water partition coefficient (Wildman–Crippen LogP) is 3.97. The monoisotopic (exact) mass is 516 g/mol. The molecule has 0 bridgehead atoms. The van der Waals surface area contributed by atoms with Gasteiger partial charge in [-0.25, -0.2) is 17.9 Å². The quantitative estimate of drug-likeness (QED) is 0.551. The number of aromatic nitrogens is 3. The molecule has 1 amide bonds. The first-order valence-electron chi connectivity index (χ1n) is 11.9. The van der Waals surface area contributed by atoms with Crippen molar-refractivity contribution in [2.24, 2.45) is 5.92 Å². The highest BCUT2D eigenvalue weighted by Gasteiger charge is 2.32. The van der Waals surface area contributed by atoms with Gasteiger partial charge in [-0.1, -0.05) is 18.5 Å². The lowest BCUT2D eigenvalue weighted by Gasteiger charge is -2.35. The van der Waals surface area contributed by atoms with Gasteiger partial charge in [-0.3, -0.25) is 9.52 Å². The highest BCUT2D eigenvalue weighted by atomic mass is 35.5. The van der Waals surface area contributed by atoms with E-state index in [4.69, 9.17) is 21.7 Å². The zero-order chi connectivity index (χ0) is 24.7. The molecular weight excluding hydrogens is 488 g/mol. The molecule has 0 saturated carbocycles. The number of imidazole rings is 1. The summed E-state index contributed by atoms with van der Waals surface area (Å²) >= 11 is 6.18. The summed E-state index contributed by atoms with van der Waals surface area (Å²) in [7, 11) is -3.57. The van der Waals surface area contributed by atoms with Crippen LogP contribution in [0.25, 0.3) is 5.65 Å². The van der Waals surface area contributed by atoms with E-state index in [9.17, 15) is 13.2 Å². The van der Waals surface area contributed by atoms with Gasteiger partial charge in [-0.2, -0.15) is 0 Å². The van der Waals surface area contributed by atoms with Crippen LogP contribution in [0.5, 0.6) is 0 Å². The molecule has 186 valence electrons. The van der Waals surface area contributed by atoms with E-state index in [-0.39, 0.29) is 23.2 Å². The van der Waals surface area contributed by atoms with Gasteiger partial charge in [0.15, 0.2) is 5.65 Å². The Balaban J connectivity index is 1.46. The lowest BCUT2D eigenvalue weighted by atomic mass is 9.98. The number of piperidine rings is 1. The molecule has 2 fully saturated rings. The van der Waals surface area contributed by atoms with Gasteiger partial charge in [0.25, 0.3) is 5.91 Å². The van der Waals surface area contributed by atoms with E-state index in [0.717, 1.165) is 62.2 Å². The van der Waals surface area contributed by atoms with E-state index in [1.54, 1.807) is 15.5 Å². The number of halogens is 1. The number of carbonyl (C=O) groups excluding carboxylic acids is 1. The molecule has 0 spiro atoms. The molecule has 2 aliphatic rings. The van der Waals surface area contributed by atoms with Gasteiger partial charge in [0.1, 0.15) is 5.82 Å². The van der Waals surface area contributed by atoms with Crippen LogP contribution in [0.15, 0.2) is 36.5 Å². The molecule has 11 heteroatoms. The van der Waals surface area contributed by atoms with Crippen molar-refractivity contribution in [3.8, 4) is 0 Å². The van der Waals surface area contributed by atoms with Crippen LogP contribution in [0.4, 0.5) is 11.5 Å². The molecule has 35 heavy (non-hydrogen) atoms. The van der Waals surface area contributed by atoms with Gasteiger partial charge < -0.3 is 9.80 Å². The number of fused-ring (bicyclic) bond motifs is 1. The Hall–Kier alpha value is -2.85. The Bertz CT molecular complexity index is 1370. The number of hydrogen-bond acceptors (Lipinski definition) is 6. The fraction of sp³-hybridized carbons (Fsp3) is 0.458. The van der Waals surface area contributed by atoms with Gasteiger partial charge in [0, 0.05) is 24.7 Å². The van der Waals surface area contributed by atoms with Gasteiger partial charge in [0.05, 0.1) is 35.4 Å². The standard InChI is InChI=1S/C24H29ClN6O3S/c1-16-10-12-29(14-16)23-9-8-22-26-20(15-31(22)27-23)21-5-3-4-11-30(21)24(32)18-13-17(25)6-7-19(18)28-35(2,33)34/h6-9,13,15-16,21,28H,3-5,10-12,14H2,1-2H3/t16-,21-/m0/s1. The number of likely N-dealkylation sites (tertiary alicyclic amines) is 1. The number of benzene rings is 1. The summed E-state index contributed by atoms with van der Waals surface area (Å²) in [6.45, 7) is 4.79. The van der Waals surface area contributed by atoms with E-state index >= 15 is 0 Å². The van der Waals surface area contributed by atoms with Crippen molar-refractivity contribution in [3.63, 3.8) is 0 Å². The minimum absolute atomic E-state index is 0.215. The van der Waals surface area contributed by atoms with E-state index in [0.29, 0.717) is 17.5 Å². The fourth-order valence-electron chi connectivity index (χ4n) is 4.98. The van der Waals surface area contributed by atoms with Gasteiger partial charge in [0.2, 0.25) is 10.0 Å². The summed E-state index contributed by atoms with van der Waals surface area (Å²) in [5.41, 5.74) is 1.95. The number of rotatable bonds is 5. The number of amides is 1. The summed E-state index contributed by atoms with van der Waals surface area (Å²) in [5, 5.41) is 5.15. The average Bonchev–Trinajstić information content (AvgIpc) is 3.44. The highest BCUT2D eigenvalue weighted by molar-refractivity contribution is 7.92. The Morgan fingerprint density at radius 2 is 1.97 bits per heavy atom. The number of nitrogens with one attached hydrogen (secondary N) is 1. The first-order valence-corrected chi connectivity index (χ1v) is 14.1. The number of hydrogen-bond donors (Lipinski definition) is 1. The second kappa shape index (κ2) is 9.31. The maximum absolute atomic E-state index is 13.7. The molecular formula is C24H29ClN6O3S. The van der Waals surface area contributed by atoms with Crippen molar-refractivity contribution in [3.05, 3.63) is 52.8 Å². The zero-order valence-electron chi connectivity index (χ0n) is 19.8. The first-order chi connectivity index (χ1) is 16.7. The minimum atomic E-state index is -3.57. The largest absolute Gasteiger partial charge is 0.355 e.